The summed E-state index contributed by atoms with van der Waals surface area (Å²) in [5.41, 5.74) is 0.795. The third-order valence-corrected chi connectivity index (χ3v) is 4.39. The van der Waals surface area contributed by atoms with Crippen LogP contribution < -0.4 is 5.32 Å². The Bertz CT molecular complexity index is 897. The van der Waals surface area contributed by atoms with E-state index in [0.717, 1.165) is 0 Å². The second kappa shape index (κ2) is 5.77. The van der Waals surface area contributed by atoms with Gasteiger partial charge in [0, 0.05) is 17.5 Å². The van der Waals surface area contributed by atoms with Crippen LogP contribution in [0, 0.1) is 0 Å². The first-order valence-corrected chi connectivity index (χ1v) is 7.85. The molecule has 0 unspecified atom stereocenters. The molecule has 0 aliphatic heterocycles. The molecular weight excluding hydrogens is 316 g/mol. The molecule has 0 bridgehead atoms. The Hall–Kier alpha value is -2.80. The molecule has 7 heteroatoms. The van der Waals surface area contributed by atoms with Crippen molar-refractivity contribution in [2.24, 2.45) is 0 Å². The highest BCUT2D eigenvalue weighted by Gasteiger charge is 2.21. The van der Waals surface area contributed by atoms with Crippen LogP contribution >= 0.6 is 11.3 Å². The molecule has 0 atom stereocenters. The molecule has 3 N–H and O–H groups in total. The number of aromatic nitrogens is 1. The number of ketones is 1. The Morgan fingerprint density at radius 2 is 2.09 bits per heavy atom. The minimum absolute atomic E-state index is 0.0844. The first-order chi connectivity index (χ1) is 11.0. The van der Waals surface area contributed by atoms with Crippen LogP contribution in [0.4, 0.5) is 5.69 Å². The number of nitrogens with zero attached hydrogens (tertiary/aromatic N) is 1. The van der Waals surface area contributed by atoms with Gasteiger partial charge in [0.1, 0.15) is 0 Å². The summed E-state index contributed by atoms with van der Waals surface area (Å²) in [6.45, 7) is 1.68. The average molecular weight is 330 g/mol. The second-order valence-corrected chi connectivity index (χ2v) is 5.90. The Morgan fingerprint density at radius 1 is 1.30 bits per heavy atom. The molecule has 3 aromatic rings. The zero-order valence-corrected chi connectivity index (χ0v) is 13.1. The van der Waals surface area contributed by atoms with E-state index in [9.17, 15) is 19.9 Å². The number of anilines is 1. The highest BCUT2D eigenvalue weighted by molar-refractivity contribution is 7.12. The van der Waals surface area contributed by atoms with Gasteiger partial charge in [0.2, 0.25) is 5.88 Å². The van der Waals surface area contributed by atoms with E-state index in [1.807, 2.05) is 0 Å². The van der Waals surface area contributed by atoms with E-state index >= 15 is 0 Å². The van der Waals surface area contributed by atoms with Gasteiger partial charge in [-0.15, -0.1) is 11.3 Å². The summed E-state index contributed by atoms with van der Waals surface area (Å²) < 4.78 is 0.555. The van der Waals surface area contributed by atoms with Gasteiger partial charge in [-0.1, -0.05) is 13.0 Å². The van der Waals surface area contributed by atoms with Gasteiger partial charge in [-0.2, -0.15) is 4.73 Å². The summed E-state index contributed by atoms with van der Waals surface area (Å²) in [5.74, 6) is -1.02. The monoisotopic (exact) mass is 330 g/mol. The molecule has 0 saturated heterocycles. The second-order valence-electron chi connectivity index (χ2n) is 4.95. The lowest BCUT2D eigenvalue weighted by molar-refractivity contribution is 0.0979. The number of hydrogen-bond donors (Lipinski definition) is 3. The number of nitrogens with one attached hydrogen (secondary N) is 1. The van der Waals surface area contributed by atoms with E-state index in [1.54, 1.807) is 36.6 Å². The maximum Gasteiger partial charge on any atom is 0.265 e. The largest absolute Gasteiger partial charge is 0.492 e. The number of carbonyl (C=O) groups is 2. The molecule has 0 aliphatic rings. The summed E-state index contributed by atoms with van der Waals surface area (Å²) in [6.07, 6.45) is 0.212. The Balaban J connectivity index is 2.01. The molecule has 1 aromatic carbocycles. The van der Waals surface area contributed by atoms with E-state index in [-0.39, 0.29) is 29.2 Å². The van der Waals surface area contributed by atoms with Crippen molar-refractivity contribution in [2.75, 3.05) is 5.32 Å². The average Bonchev–Trinajstić information content (AvgIpc) is 3.16. The van der Waals surface area contributed by atoms with Gasteiger partial charge >= 0.3 is 0 Å². The third-order valence-electron chi connectivity index (χ3n) is 3.52. The molecule has 2 heterocycles. The molecule has 0 aliphatic carbocycles. The molecule has 23 heavy (non-hydrogen) atoms. The molecule has 2 aromatic heterocycles. The number of fused-ring (bicyclic) bond motifs is 1. The quantitative estimate of drug-likeness (QED) is 0.504. The highest BCUT2D eigenvalue weighted by atomic mass is 32.1. The molecule has 0 spiro atoms. The lowest BCUT2D eigenvalue weighted by atomic mass is 10.1. The van der Waals surface area contributed by atoms with Gasteiger partial charge in [-0.05, 0) is 29.6 Å². The zero-order valence-electron chi connectivity index (χ0n) is 12.2. The maximum absolute atomic E-state index is 12.0. The summed E-state index contributed by atoms with van der Waals surface area (Å²) in [6, 6.07) is 8.21. The van der Waals surface area contributed by atoms with Crippen molar-refractivity contribution in [1.29, 1.82) is 0 Å². The number of rotatable bonds is 4. The SMILES string of the molecule is CCC(=O)c1c(O)n(O)c2cc(NC(=O)c3cccs3)ccc12. The molecular formula is C16H14N2O4S. The molecule has 6 nitrogen and oxygen atoms in total. The van der Waals surface area contributed by atoms with E-state index in [2.05, 4.69) is 5.32 Å². The normalized spacial score (nSPS) is 10.8. The van der Waals surface area contributed by atoms with Crippen LogP contribution in [0.25, 0.3) is 10.9 Å². The molecule has 0 fully saturated rings. The van der Waals surface area contributed by atoms with Crippen molar-refractivity contribution in [3.8, 4) is 5.88 Å². The highest BCUT2D eigenvalue weighted by Crippen LogP contribution is 2.32. The third kappa shape index (κ3) is 2.55. The summed E-state index contributed by atoms with van der Waals surface area (Å²) in [4.78, 5) is 24.5. The van der Waals surface area contributed by atoms with E-state index in [0.29, 0.717) is 20.7 Å². The van der Waals surface area contributed by atoms with Crippen LogP contribution in [-0.4, -0.2) is 26.7 Å². The van der Waals surface area contributed by atoms with E-state index in [4.69, 9.17) is 0 Å². The predicted octanol–water partition coefficient (Wildman–Crippen LogP) is 3.49. The van der Waals surface area contributed by atoms with Crippen molar-refractivity contribution in [1.82, 2.24) is 4.73 Å². The number of hydrogen-bond acceptors (Lipinski definition) is 5. The minimum atomic E-state index is -0.492. The van der Waals surface area contributed by atoms with Gasteiger partial charge in [-0.25, -0.2) is 0 Å². The van der Waals surface area contributed by atoms with Crippen LogP contribution in [0.15, 0.2) is 35.7 Å². The van der Waals surface area contributed by atoms with Crippen LogP contribution in [-0.2, 0) is 0 Å². The van der Waals surface area contributed by atoms with Crippen molar-refractivity contribution in [2.45, 2.75) is 13.3 Å². The molecule has 1 amide bonds. The zero-order chi connectivity index (χ0) is 16.6. The predicted molar refractivity (Wildman–Crippen MR) is 87.7 cm³/mol. The van der Waals surface area contributed by atoms with Crippen LogP contribution in [0.2, 0.25) is 0 Å². The Kier molecular flexibility index (Phi) is 3.79. The fourth-order valence-electron chi connectivity index (χ4n) is 2.39. The molecule has 118 valence electrons. The molecule has 0 radical (unpaired) electrons. The maximum atomic E-state index is 12.0. The first-order valence-electron chi connectivity index (χ1n) is 6.97. The Labute approximate surface area is 135 Å². The number of amides is 1. The first kappa shape index (κ1) is 15.1. The minimum Gasteiger partial charge on any atom is -0.492 e. The number of Topliss-reactive ketones (excluding diaryl/α,β-unsaturated/α-hetero) is 1. The van der Waals surface area contributed by atoms with Crippen molar-refractivity contribution >= 4 is 39.6 Å². The number of carbonyl (C=O) groups excluding carboxylic acids is 2. The van der Waals surface area contributed by atoms with Gasteiger partial charge < -0.3 is 15.6 Å². The lowest BCUT2D eigenvalue weighted by Gasteiger charge is -2.04. The van der Waals surface area contributed by atoms with Gasteiger partial charge in [0.05, 0.1) is 16.0 Å². The lowest BCUT2D eigenvalue weighted by Crippen LogP contribution is -2.10. The Morgan fingerprint density at radius 3 is 2.74 bits per heavy atom. The smallest absolute Gasteiger partial charge is 0.265 e. The molecule has 0 saturated carbocycles. The van der Waals surface area contributed by atoms with E-state index < -0.39 is 5.88 Å². The van der Waals surface area contributed by atoms with Gasteiger partial charge in [0.25, 0.3) is 5.91 Å². The van der Waals surface area contributed by atoms with Crippen molar-refractivity contribution in [3.63, 3.8) is 0 Å². The summed E-state index contributed by atoms with van der Waals surface area (Å²) in [7, 11) is 0. The van der Waals surface area contributed by atoms with Crippen LogP contribution in [0.5, 0.6) is 5.88 Å². The van der Waals surface area contributed by atoms with Gasteiger partial charge in [0.15, 0.2) is 5.78 Å². The van der Waals surface area contributed by atoms with Gasteiger partial charge in [-0.3, -0.25) is 9.59 Å². The van der Waals surface area contributed by atoms with Crippen LogP contribution in [0.1, 0.15) is 33.4 Å². The fraction of sp³-hybridized carbons (Fsp3) is 0.125. The fourth-order valence-corrected chi connectivity index (χ4v) is 3.01. The van der Waals surface area contributed by atoms with E-state index in [1.165, 1.54) is 17.4 Å². The number of thiophene rings is 1. The standard InChI is InChI=1S/C16H14N2O4S/c1-2-12(19)14-10-6-5-9(8-11(10)18(22)16(14)21)17-15(20)13-4-3-7-23-13/h3-8,21-22H,2H2,1H3,(H,17,20). The topological polar surface area (TPSA) is 91.6 Å². The summed E-state index contributed by atoms with van der Waals surface area (Å²) in [5, 5.41) is 24.9. The molecule has 3 rings (SSSR count). The summed E-state index contributed by atoms with van der Waals surface area (Å²) >= 11 is 1.32. The van der Waals surface area contributed by atoms with Crippen molar-refractivity contribution < 1.29 is 19.9 Å². The van der Waals surface area contributed by atoms with Crippen molar-refractivity contribution in [3.05, 3.63) is 46.2 Å². The number of aromatic hydroxyl groups is 1. The van der Waals surface area contributed by atoms with Crippen LogP contribution in [0.3, 0.4) is 0 Å². The number of benzene rings is 1.